The molecule has 1 aliphatic heterocycles. The van der Waals surface area contributed by atoms with E-state index in [9.17, 15) is 9.59 Å². The Morgan fingerprint density at radius 3 is 2.59 bits per heavy atom. The van der Waals surface area contributed by atoms with Crippen LogP contribution in [0.4, 0.5) is 11.5 Å². The van der Waals surface area contributed by atoms with Gasteiger partial charge in [0.2, 0.25) is 5.91 Å². The van der Waals surface area contributed by atoms with Crippen molar-refractivity contribution < 1.29 is 19.1 Å². The molecule has 1 aliphatic rings. The molecule has 0 radical (unpaired) electrons. The molecule has 0 aliphatic carbocycles. The van der Waals surface area contributed by atoms with Crippen LogP contribution in [-0.4, -0.2) is 60.5 Å². The molecule has 34 heavy (non-hydrogen) atoms. The number of anilines is 2. The molecule has 176 valence electrons. The largest absolute Gasteiger partial charge is 0.497 e. The summed E-state index contributed by atoms with van der Waals surface area (Å²) in [6.45, 7) is 2.77. The molecule has 8 nitrogen and oxygen atoms in total. The van der Waals surface area contributed by atoms with E-state index < -0.39 is 0 Å². The van der Waals surface area contributed by atoms with Gasteiger partial charge in [0.15, 0.2) is 0 Å². The van der Waals surface area contributed by atoms with Gasteiger partial charge in [0.05, 0.1) is 25.8 Å². The van der Waals surface area contributed by atoms with E-state index in [1.54, 1.807) is 49.3 Å². The highest BCUT2D eigenvalue weighted by Gasteiger charge is 2.34. The fourth-order valence-electron chi connectivity index (χ4n) is 4.24. The standard InChI is InChI=1S/C26H28N4O4/c1-18(31)30-15-14-29(17-23(30)21-10-4-5-12-24(21)34-3)26(32)22-11-7-13-27-25(22)28-19-8-6-9-20(16-19)33-2/h4-13,16,23H,14-15,17H2,1-3H3,(H,27,28)/t23-/m1/s1. The Morgan fingerprint density at radius 1 is 1.00 bits per heavy atom. The van der Waals surface area contributed by atoms with E-state index in [0.717, 1.165) is 11.3 Å². The molecule has 0 spiro atoms. The average Bonchev–Trinajstić information content (AvgIpc) is 2.88. The van der Waals surface area contributed by atoms with Crippen molar-refractivity contribution in [2.45, 2.75) is 13.0 Å². The van der Waals surface area contributed by atoms with Gasteiger partial charge >= 0.3 is 0 Å². The number of amides is 2. The molecule has 2 aromatic carbocycles. The third kappa shape index (κ3) is 4.80. The first-order valence-electron chi connectivity index (χ1n) is 11.1. The van der Waals surface area contributed by atoms with Gasteiger partial charge in [0.25, 0.3) is 5.91 Å². The van der Waals surface area contributed by atoms with Crippen molar-refractivity contribution in [3.8, 4) is 11.5 Å². The van der Waals surface area contributed by atoms with Gasteiger partial charge in [-0.2, -0.15) is 0 Å². The van der Waals surface area contributed by atoms with Crippen LogP contribution in [0.15, 0.2) is 66.9 Å². The fraction of sp³-hybridized carbons (Fsp3) is 0.269. The second kappa shape index (κ2) is 10.2. The molecular formula is C26H28N4O4. The van der Waals surface area contributed by atoms with Crippen molar-refractivity contribution in [1.82, 2.24) is 14.8 Å². The van der Waals surface area contributed by atoms with Crippen LogP contribution in [0.25, 0.3) is 0 Å². The third-order valence-corrected chi connectivity index (χ3v) is 5.94. The van der Waals surface area contributed by atoms with Crippen LogP contribution in [-0.2, 0) is 4.79 Å². The molecule has 0 bridgehead atoms. The summed E-state index contributed by atoms with van der Waals surface area (Å²) >= 11 is 0. The first-order chi connectivity index (χ1) is 16.5. The highest BCUT2D eigenvalue weighted by molar-refractivity contribution is 5.99. The maximum absolute atomic E-state index is 13.6. The number of methoxy groups -OCH3 is 2. The van der Waals surface area contributed by atoms with Crippen molar-refractivity contribution in [2.24, 2.45) is 0 Å². The molecule has 1 aromatic heterocycles. The van der Waals surface area contributed by atoms with Crippen molar-refractivity contribution >= 4 is 23.3 Å². The molecule has 2 amide bonds. The van der Waals surface area contributed by atoms with Crippen LogP contribution in [0.5, 0.6) is 11.5 Å². The predicted molar refractivity (Wildman–Crippen MR) is 130 cm³/mol. The van der Waals surface area contributed by atoms with Gasteiger partial charge in [0.1, 0.15) is 17.3 Å². The Bertz CT molecular complexity index is 1180. The number of carbonyl (C=O) groups is 2. The van der Waals surface area contributed by atoms with Crippen LogP contribution in [0.2, 0.25) is 0 Å². The smallest absolute Gasteiger partial charge is 0.257 e. The molecule has 0 saturated carbocycles. The molecular weight excluding hydrogens is 432 g/mol. The van der Waals surface area contributed by atoms with Gasteiger partial charge in [-0.3, -0.25) is 9.59 Å². The Hall–Kier alpha value is -4.07. The Kier molecular flexibility index (Phi) is 6.96. The summed E-state index contributed by atoms with van der Waals surface area (Å²) in [5.74, 6) is 1.67. The number of aromatic nitrogens is 1. The predicted octanol–water partition coefficient (Wildman–Crippen LogP) is 3.89. The molecule has 1 fully saturated rings. The second-order valence-corrected chi connectivity index (χ2v) is 7.98. The van der Waals surface area contributed by atoms with Crippen LogP contribution in [0.1, 0.15) is 28.9 Å². The number of hydrogen-bond acceptors (Lipinski definition) is 6. The molecule has 8 heteroatoms. The summed E-state index contributed by atoms with van der Waals surface area (Å²) in [5, 5.41) is 3.23. The number of piperazine rings is 1. The molecule has 4 rings (SSSR count). The lowest BCUT2D eigenvalue weighted by atomic mass is 10.0. The summed E-state index contributed by atoms with van der Waals surface area (Å²) in [4.78, 5) is 34.0. The van der Waals surface area contributed by atoms with E-state index in [1.165, 1.54) is 0 Å². The molecule has 2 heterocycles. The molecule has 1 N–H and O–H groups in total. The summed E-state index contributed by atoms with van der Waals surface area (Å²) in [6, 6.07) is 18.2. The number of hydrogen-bond donors (Lipinski definition) is 1. The maximum atomic E-state index is 13.6. The SMILES string of the molecule is COc1cccc(Nc2ncccc2C(=O)N2CCN(C(C)=O)[C@@H](c3ccccc3OC)C2)c1. The van der Waals surface area contributed by atoms with Gasteiger partial charge in [-0.15, -0.1) is 0 Å². The van der Waals surface area contributed by atoms with Crippen LogP contribution < -0.4 is 14.8 Å². The highest BCUT2D eigenvalue weighted by atomic mass is 16.5. The van der Waals surface area contributed by atoms with Gasteiger partial charge in [0, 0.05) is 50.1 Å². The number of benzene rings is 2. The zero-order chi connectivity index (χ0) is 24.1. The monoisotopic (exact) mass is 460 g/mol. The van der Waals surface area contributed by atoms with Crippen molar-refractivity contribution in [3.63, 3.8) is 0 Å². The van der Waals surface area contributed by atoms with E-state index >= 15 is 0 Å². The molecule has 3 aromatic rings. The van der Waals surface area contributed by atoms with Crippen LogP contribution in [0.3, 0.4) is 0 Å². The average molecular weight is 461 g/mol. The number of rotatable bonds is 6. The first-order valence-corrected chi connectivity index (χ1v) is 11.1. The molecule has 1 atom stereocenters. The summed E-state index contributed by atoms with van der Waals surface area (Å²) in [5.41, 5.74) is 2.10. The lowest BCUT2D eigenvalue weighted by molar-refractivity contribution is -0.133. The fourth-order valence-corrected chi connectivity index (χ4v) is 4.24. The van der Waals surface area contributed by atoms with E-state index in [1.807, 2.05) is 48.5 Å². The minimum Gasteiger partial charge on any atom is -0.497 e. The number of nitrogens with one attached hydrogen (secondary N) is 1. The summed E-state index contributed by atoms with van der Waals surface area (Å²) < 4.78 is 10.8. The Labute approximate surface area is 199 Å². The number of para-hydroxylation sites is 1. The summed E-state index contributed by atoms with van der Waals surface area (Å²) in [6.07, 6.45) is 1.64. The number of pyridine rings is 1. The van der Waals surface area contributed by atoms with Crippen molar-refractivity contribution in [1.29, 1.82) is 0 Å². The van der Waals surface area contributed by atoms with E-state index in [0.29, 0.717) is 42.5 Å². The quantitative estimate of drug-likeness (QED) is 0.601. The molecule has 1 saturated heterocycles. The minimum absolute atomic E-state index is 0.0373. The highest BCUT2D eigenvalue weighted by Crippen LogP contribution is 2.33. The van der Waals surface area contributed by atoms with Crippen molar-refractivity contribution in [2.75, 3.05) is 39.2 Å². The van der Waals surface area contributed by atoms with Crippen LogP contribution >= 0.6 is 0 Å². The van der Waals surface area contributed by atoms with E-state index in [-0.39, 0.29) is 17.9 Å². The Morgan fingerprint density at radius 2 is 1.82 bits per heavy atom. The van der Waals surface area contributed by atoms with Gasteiger partial charge in [-0.25, -0.2) is 4.98 Å². The number of nitrogens with zero attached hydrogens (tertiary/aromatic N) is 3. The van der Waals surface area contributed by atoms with E-state index in [4.69, 9.17) is 9.47 Å². The minimum atomic E-state index is -0.308. The van der Waals surface area contributed by atoms with Crippen LogP contribution in [0, 0.1) is 0 Å². The number of carbonyl (C=O) groups excluding carboxylic acids is 2. The van der Waals surface area contributed by atoms with Gasteiger partial charge in [-0.1, -0.05) is 24.3 Å². The zero-order valence-electron chi connectivity index (χ0n) is 19.5. The lowest BCUT2D eigenvalue weighted by Gasteiger charge is -2.41. The Balaban J connectivity index is 1.61. The maximum Gasteiger partial charge on any atom is 0.257 e. The summed E-state index contributed by atoms with van der Waals surface area (Å²) in [7, 11) is 3.21. The van der Waals surface area contributed by atoms with Gasteiger partial charge < -0.3 is 24.6 Å². The number of ether oxygens (including phenoxy) is 2. The second-order valence-electron chi connectivity index (χ2n) is 7.98. The molecule has 0 unspecified atom stereocenters. The topological polar surface area (TPSA) is 84.0 Å². The first kappa shape index (κ1) is 23.1. The van der Waals surface area contributed by atoms with Gasteiger partial charge in [-0.05, 0) is 30.3 Å². The third-order valence-electron chi connectivity index (χ3n) is 5.94. The lowest BCUT2D eigenvalue weighted by Crippen LogP contribution is -2.52. The van der Waals surface area contributed by atoms with Crippen molar-refractivity contribution in [3.05, 3.63) is 78.0 Å². The van der Waals surface area contributed by atoms with E-state index in [2.05, 4.69) is 10.3 Å². The zero-order valence-corrected chi connectivity index (χ0v) is 19.5. The normalized spacial score (nSPS) is 15.6.